The Morgan fingerprint density at radius 1 is 0.579 bits per heavy atom. The Balaban J connectivity index is 2.57. The summed E-state index contributed by atoms with van der Waals surface area (Å²) in [6.07, 6.45) is 0. The van der Waals surface area contributed by atoms with Gasteiger partial charge in [0.1, 0.15) is 0 Å². The van der Waals surface area contributed by atoms with Gasteiger partial charge < -0.3 is 10.2 Å². The highest BCUT2D eigenvalue weighted by atomic mass is 16.5. The first-order valence-electron chi connectivity index (χ1n) is 6.41. The fourth-order valence-electron chi connectivity index (χ4n) is 2.52. The molecule has 0 heterocycles. The fraction of sp³-hybridized carbons (Fsp3) is 0.294. The Labute approximate surface area is 114 Å². The molecule has 100 valence electrons. The lowest BCUT2D eigenvalue weighted by Crippen LogP contribution is -2.27. The molecule has 0 saturated carbocycles. The molecule has 0 bridgehead atoms. The molecule has 0 aliphatic rings. The molecule has 0 aliphatic heterocycles. The molecule has 2 rings (SSSR count). The molecule has 0 unspecified atom stereocenters. The van der Waals surface area contributed by atoms with E-state index in [0.717, 1.165) is 22.3 Å². The summed E-state index contributed by atoms with van der Waals surface area (Å²) in [6, 6.07) is 11.3. The van der Waals surface area contributed by atoms with E-state index in [-0.39, 0.29) is 0 Å². The average molecular weight is 256 g/mol. The van der Waals surface area contributed by atoms with Crippen LogP contribution in [-0.2, 0) is 5.79 Å². The first-order chi connectivity index (χ1) is 8.79. The van der Waals surface area contributed by atoms with Gasteiger partial charge in [-0.25, -0.2) is 0 Å². The van der Waals surface area contributed by atoms with E-state index in [1.807, 2.05) is 64.1 Å². The van der Waals surface area contributed by atoms with Crippen molar-refractivity contribution in [3.05, 3.63) is 69.8 Å². The van der Waals surface area contributed by atoms with Crippen LogP contribution in [0.2, 0.25) is 0 Å². The number of hydrogen-bond acceptors (Lipinski definition) is 2. The van der Waals surface area contributed by atoms with Gasteiger partial charge >= 0.3 is 0 Å². The van der Waals surface area contributed by atoms with Gasteiger partial charge in [0.15, 0.2) is 0 Å². The minimum absolute atomic E-state index is 0.509. The van der Waals surface area contributed by atoms with Gasteiger partial charge in [0.2, 0.25) is 5.79 Å². The molecular formula is C17H20O2. The van der Waals surface area contributed by atoms with Crippen molar-refractivity contribution in [1.29, 1.82) is 0 Å². The predicted octanol–water partition coefficient (Wildman–Crippen LogP) is 3.11. The van der Waals surface area contributed by atoms with Crippen LogP contribution in [0.15, 0.2) is 36.4 Å². The number of aliphatic hydroxyl groups is 2. The Morgan fingerprint density at radius 3 is 1.11 bits per heavy atom. The molecule has 0 atom stereocenters. The summed E-state index contributed by atoms with van der Waals surface area (Å²) in [5, 5.41) is 21.0. The minimum Gasteiger partial charge on any atom is -0.358 e. The van der Waals surface area contributed by atoms with Crippen LogP contribution in [-0.4, -0.2) is 10.2 Å². The van der Waals surface area contributed by atoms with Crippen molar-refractivity contribution in [2.45, 2.75) is 33.5 Å². The maximum absolute atomic E-state index is 10.5. The summed E-state index contributed by atoms with van der Waals surface area (Å²) in [6.45, 7) is 7.81. The van der Waals surface area contributed by atoms with Crippen LogP contribution in [0.1, 0.15) is 33.4 Å². The van der Waals surface area contributed by atoms with Gasteiger partial charge in [0.05, 0.1) is 0 Å². The molecule has 2 aromatic rings. The summed E-state index contributed by atoms with van der Waals surface area (Å²) in [5.41, 5.74) is 5.10. The van der Waals surface area contributed by atoms with Gasteiger partial charge in [0.25, 0.3) is 0 Å². The lowest BCUT2D eigenvalue weighted by molar-refractivity contribution is -0.132. The Hall–Kier alpha value is -1.64. The lowest BCUT2D eigenvalue weighted by atomic mass is 9.92. The molecule has 0 aliphatic carbocycles. The molecule has 0 radical (unpaired) electrons. The summed E-state index contributed by atoms with van der Waals surface area (Å²) in [7, 11) is 0. The van der Waals surface area contributed by atoms with Gasteiger partial charge in [-0.05, 0) is 27.7 Å². The summed E-state index contributed by atoms with van der Waals surface area (Å²) in [4.78, 5) is 0. The van der Waals surface area contributed by atoms with E-state index < -0.39 is 5.79 Å². The highest BCUT2D eigenvalue weighted by Crippen LogP contribution is 2.29. The third kappa shape index (κ3) is 2.86. The van der Waals surface area contributed by atoms with Crippen molar-refractivity contribution >= 4 is 0 Å². The van der Waals surface area contributed by atoms with Crippen molar-refractivity contribution < 1.29 is 10.2 Å². The van der Waals surface area contributed by atoms with Crippen LogP contribution in [0, 0.1) is 27.7 Å². The van der Waals surface area contributed by atoms with Gasteiger partial charge in [-0.2, -0.15) is 0 Å². The normalized spacial score (nSPS) is 11.7. The van der Waals surface area contributed by atoms with Gasteiger partial charge in [-0.15, -0.1) is 0 Å². The van der Waals surface area contributed by atoms with Crippen LogP contribution < -0.4 is 0 Å². The van der Waals surface area contributed by atoms with Crippen molar-refractivity contribution in [3.63, 3.8) is 0 Å². The Morgan fingerprint density at radius 2 is 0.842 bits per heavy atom. The summed E-state index contributed by atoms with van der Waals surface area (Å²) >= 11 is 0. The average Bonchev–Trinajstić information content (AvgIpc) is 2.26. The van der Waals surface area contributed by atoms with Gasteiger partial charge in [0, 0.05) is 11.1 Å². The molecule has 0 spiro atoms. The van der Waals surface area contributed by atoms with Crippen molar-refractivity contribution in [1.82, 2.24) is 0 Å². The smallest absolute Gasteiger partial charge is 0.217 e. The summed E-state index contributed by atoms with van der Waals surface area (Å²) in [5.74, 6) is -1.95. The van der Waals surface area contributed by atoms with Crippen LogP contribution in [0.25, 0.3) is 0 Å². The van der Waals surface area contributed by atoms with E-state index in [0.29, 0.717) is 11.1 Å². The van der Waals surface area contributed by atoms with E-state index in [1.54, 1.807) is 0 Å². The standard InChI is InChI=1S/C17H20O2/c1-11-5-12(2)8-15(7-11)17(18,19)16-9-13(3)6-14(4)10-16/h5-10,18-19H,1-4H3. The predicted molar refractivity (Wildman–Crippen MR) is 77.0 cm³/mol. The molecule has 2 nitrogen and oxygen atoms in total. The zero-order chi connectivity index (χ0) is 14.2. The number of aryl methyl sites for hydroxylation is 4. The maximum Gasteiger partial charge on any atom is 0.217 e. The second kappa shape index (κ2) is 4.80. The third-order valence-corrected chi connectivity index (χ3v) is 3.25. The largest absolute Gasteiger partial charge is 0.358 e. The number of benzene rings is 2. The van der Waals surface area contributed by atoms with Crippen molar-refractivity contribution in [2.24, 2.45) is 0 Å². The summed E-state index contributed by atoms with van der Waals surface area (Å²) < 4.78 is 0. The van der Waals surface area contributed by atoms with Crippen LogP contribution >= 0.6 is 0 Å². The minimum atomic E-state index is -1.95. The van der Waals surface area contributed by atoms with E-state index in [9.17, 15) is 10.2 Å². The Bertz CT molecular complexity index is 519. The fourth-order valence-corrected chi connectivity index (χ4v) is 2.52. The van der Waals surface area contributed by atoms with Gasteiger partial charge in [-0.1, -0.05) is 58.7 Å². The molecular weight excluding hydrogens is 236 g/mol. The van der Waals surface area contributed by atoms with E-state index in [4.69, 9.17) is 0 Å². The molecule has 19 heavy (non-hydrogen) atoms. The SMILES string of the molecule is Cc1cc(C)cc(C(O)(O)c2cc(C)cc(C)c2)c1. The molecule has 0 amide bonds. The third-order valence-electron chi connectivity index (χ3n) is 3.25. The quantitative estimate of drug-likeness (QED) is 0.811. The maximum atomic E-state index is 10.5. The number of hydrogen-bond donors (Lipinski definition) is 2. The van der Waals surface area contributed by atoms with E-state index in [2.05, 4.69) is 0 Å². The van der Waals surface area contributed by atoms with Crippen LogP contribution in [0.3, 0.4) is 0 Å². The molecule has 0 aromatic heterocycles. The molecule has 0 fully saturated rings. The van der Waals surface area contributed by atoms with E-state index in [1.165, 1.54) is 0 Å². The zero-order valence-electron chi connectivity index (χ0n) is 11.9. The van der Waals surface area contributed by atoms with Crippen LogP contribution in [0.5, 0.6) is 0 Å². The molecule has 2 N–H and O–H groups in total. The van der Waals surface area contributed by atoms with Crippen molar-refractivity contribution in [2.75, 3.05) is 0 Å². The Kier molecular flexibility index (Phi) is 3.48. The lowest BCUT2D eigenvalue weighted by Gasteiger charge is -2.24. The van der Waals surface area contributed by atoms with Crippen LogP contribution in [0.4, 0.5) is 0 Å². The van der Waals surface area contributed by atoms with Gasteiger partial charge in [-0.3, -0.25) is 0 Å². The highest BCUT2D eigenvalue weighted by molar-refractivity contribution is 5.40. The molecule has 2 heteroatoms. The zero-order valence-corrected chi connectivity index (χ0v) is 11.9. The topological polar surface area (TPSA) is 40.5 Å². The molecule has 2 aromatic carbocycles. The monoisotopic (exact) mass is 256 g/mol. The first-order valence-corrected chi connectivity index (χ1v) is 6.41. The number of rotatable bonds is 2. The second-order valence-electron chi connectivity index (χ2n) is 5.42. The second-order valence-corrected chi connectivity index (χ2v) is 5.42. The van der Waals surface area contributed by atoms with Crippen molar-refractivity contribution in [3.8, 4) is 0 Å². The highest BCUT2D eigenvalue weighted by Gasteiger charge is 2.29. The molecule has 0 saturated heterocycles. The van der Waals surface area contributed by atoms with E-state index >= 15 is 0 Å². The first kappa shape index (κ1) is 13.8.